The molecule has 0 saturated heterocycles. The molecule has 0 bridgehead atoms. The van der Waals surface area contributed by atoms with Crippen LogP contribution in [0.5, 0.6) is 0 Å². The molecule has 2 aromatic rings. The van der Waals surface area contributed by atoms with Gasteiger partial charge in [0.2, 0.25) is 0 Å². The van der Waals surface area contributed by atoms with Gasteiger partial charge in [0, 0.05) is 24.2 Å². The van der Waals surface area contributed by atoms with E-state index in [1.165, 1.54) is 6.07 Å². The van der Waals surface area contributed by atoms with Crippen LogP contribution in [-0.2, 0) is 11.8 Å². The predicted molar refractivity (Wildman–Crippen MR) is 75.0 cm³/mol. The molecule has 20 heavy (non-hydrogen) atoms. The summed E-state index contributed by atoms with van der Waals surface area (Å²) in [6.07, 6.45) is 0. The van der Waals surface area contributed by atoms with Gasteiger partial charge in [-0.05, 0) is 26.8 Å². The lowest BCUT2D eigenvalue weighted by atomic mass is 10.1. The van der Waals surface area contributed by atoms with E-state index in [9.17, 15) is 14.9 Å². The van der Waals surface area contributed by atoms with Crippen LogP contribution in [0.1, 0.15) is 28.5 Å². The van der Waals surface area contributed by atoms with Crippen LogP contribution in [0.3, 0.4) is 0 Å². The summed E-state index contributed by atoms with van der Waals surface area (Å²) in [5.41, 5.74) is 2.51. The molecular weight excluding hydrogens is 260 g/mol. The summed E-state index contributed by atoms with van der Waals surface area (Å²) in [6, 6.07) is 3.04. The number of benzene rings is 1. The normalized spacial score (nSPS) is 10.8. The fourth-order valence-electron chi connectivity index (χ4n) is 2.51. The minimum absolute atomic E-state index is 0.0495. The van der Waals surface area contributed by atoms with Gasteiger partial charge in [-0.2, -0.15) is 0 Å². The van der Waals surface area contributed by atoms with Crippen LogP contribution in [0.4, 0.5) is 5.69 Å². The summed E-state index contributed by atoms with van der Waals surface area (Å²) < 4.78 is 6.86. The van der Waals surface area contributed by atoms with Crippen LogP contribution in [0.25, 0.3) is 10.9 Å². The summed E-state index contributed by atoms with van der Waals surface area (Å²) in [5, 5.41) is 11.7. The van der Waals surface area contributed by atoms with Gasteiger partial charge in [0.05, 0.1) is 28.2 Å². The number of nitrogens with zero attached hydrogens (tertiary/aromatic N) is 2. The standard InChI is InChI=1S/C14H16N2O4/c1-5-20-14(17)12-9(3)15(4)13-8(2)11(16(18)19)7-6-10(12)13/h6-7H,5H2,1-4H3. The van der Waals surface area contributed by atoms with Crippen molar-refractivity contribution in [2.45, 2.75) is 20.8 Å². The highest BCUT2D eigenvalue weighted by molar-refractivity contribution is 6.07. The molecule has 1 aromatic heterocycles. The summed E-state index contributed by atoms with van der Waals surface area (Å²) in [6.45, 7) is 5.53. The number of nitro benzene ring substituents is 1. The van der Waals surface area contributed by atoms with E-state index in [0.29, 0.717) is 28.6 Å². The SMILES string of the molecule is CCOC(=O)c1c(C)n(C)c2c(C)c([N+](=O)[O-])ccc12. The van der Waals surface area contributed by atoms with Gasteiger partial charge in [-0.25, -0.2) is 4.79 Å². The van der Waals surface area contributed by atoms with Gasteiger partial charge in [-0.1, -0.05) is 0 Å². The minimum Gasteiger partial charge on any atom is -0.462 e. The summed E-state index contributed by atoms with van der Waals surface area (Å²) >= 11 is 0. The van der Waals surface area contributed by atoms with Crippen molar-refractivity contribution in [3.8, 4) is 0 Å². The molecule has 106 valence electrons. The Bertz CT molecular complexity index is 716. The third-order valence-corrected chi connectivity index (χ3v) is 3.55. The summed E-state index contributed by atoms with van der Waals surface area (Å²) in [4.78, 5) is 22.6. The minimum atomic E-state index is -0.416. The van der Waals surface area contributed by atoms with Gasteiger partial charge in [0.1, 0.15) is 0 Å². The van der Waals surface area contributed by atoms with Crippen molar-refractivity contribution < 1.29 is 14.5 Å². The zero-order valence-corrected chi connectivity index (χ0v) is 11.9. The maximum absolute atomic E-state index is 12.1. The third kappa shape index (κ3) is 1.93. The van der Waals surface area contributed by atoms with E-state index in [-0.39, 0.29) is 5.69 Å². The topological polar surface area (TPSA) is 74.4 Å². The first-order valence-corrected chi connectivity index (χ1v) is 6.30. The number of carbonyl (C=O) groups excluding carboxylic acids is 1. The maximum atomic E-state index is 12.1. The molecule has 0 aliphatic heterocycles. The van der Waals surface area contributed by atoms with Crippen LogP contribution in [0, 0.1) is 24.0 Å². The van der Waals surface area contributed by atoms with Crippen molar-refractivity contribution in [2.75, 3.05) is 6.61 Å². The third-order valence-electron chi connectivity index (χ3n) is 3.55. The largest absolute Gasteiger partial charge is 0.462 e. The van der Waals surface area contributed by atoms with Crippen LogP contribution in [0.15, 0.2) is 12.1 Å². The van der Waals surface area contributed by atoms with E-state index < -0.39 is 10.9 Å². The molecule has 0 radical (unpaired) electrons. The van der Waals surface area contributed by atoms with Crippen LogP contribution in [0.2, 0.25) is 0 Å². The van der Waals surface area contributed by atoms with Crippen molar-refractivity contribution in [3.63, 3.8) is 0 Å². The average molecular weight is 276 g/mol. The smallest absolute Gasteiger partial charge is 0.340 e. The highest BCUT2D eigenvalue weighted by Gasteiger charge is 2.24. The number of ether oxygens (including phenoxy) is 1. The Labute approximate surface area is 116 Å². The van der Waals surface area contributed by atoms with E-state index >= 15 is 0 Å². The van der Waals surface area contributed by atoms with E-state index in [2.05, 4.69) is 0 Å². The number of nitro groups is 1. The van der Waals surface area contributed by atoms with E-state index in [4.69, 9.17) is 4.74 Å². The molecule has 1 aromatic carbocycles. The molecule has 6 heteroatoms. The molecule has 0 spiro atoms. The lowest BCUT2D eigenvalue weighted by Crippen LogP contribution is -2.06. The first kappa shape index (κ1) is 14.0. The maximum Gasteiger partial charge on any atom is 0.340 e. The highest BCUT2D eigenvalue weighted by Crippen LogP contribution is 2.32. The molecule has 0 aliphatic rings. The second kappa shape index (κ2) is 4.96. The number of esters is 1. The fourth-order valence-corrected chi connectivity index (χ4v) is 2.51. The van der Waals surface area contributed by atoms with Gasteiger partial charge < -0.3 is 9.30 Å². The molecule has 0 unspecified atom stereocenters. The van der Waals surface area contributed by atoms with E-state index in [1.54, 1.807) is 38.5 Å². The Kier molecular flexibility index (Phi) is 3.48. The molecule has 2 rings (SSSR count). The summed E-state index contributed by atoms with van der Waals surface area (Å²) in [7, 11) is 1.79. The Morgan fingerprint density at radius 2 is 2.05 bits per heavy atom. The monoisotopic (exact) mass is 276 g/mol. The number of fused-ring (bicyclic) bond motifs is 1. The van der Waals surface area contributed by atoms with Crippen molar-refractivity contribution >= 4 is 22.6 Å². The Balaban J connectivity index is 2.81. The molecule has 0 fully saturated rings. The zero-order valence-electron chi connectivity index (χ0n) is 11.9. The van der Waals surface area contributed by atoms with Gasteiger partial charge in [-0.15, -0.1) is 0 Å². The van der Waals surface area contributed by atoms with Gasteiger partial charge in [-0.3, -0.25) is 10.1 Å². The number of carbonyl (C=O) groups is 1. The lowest BCUT2D eigenvalue weighted by Gasteiger charge is -2.03. The quantitative estimate of drug-likeness (QED) is 0.491. The summed E-state index contributed by atoms with van der Waals surface area (Å²) in [5.74, 6) is -0.399. The molecule has 0 N–H and O–H groups in total. The van der Waals surface area contributed by atoms with Crippen LogP contribution in [-0.4, -0.2) is 22.1 Å². The molecule has 0 saturated carbocycles. The number of rotatable bonds is 3. The fraction of sp³-hybridized carbons (Fsp3) is 0.357. The van der Waals surface area contributed by atoms with E-state index in [0.717, 1.165) is 5.69 Å². The zero-order chi connectivity index (χ0) is 15.0. The van der Waals surface area contributed by atoms with E-state index in [1.807, 2.05) is 0 Å². The molecule has 0 aliphatic carbocycles. The van der Waals surface area contributed by atoms with Gasteiger partial charge in [0.15, 0.2) is 0 Å². The first-order valence-electron chi connectivity index (χ1n) is 6.30. The van der Waals surface area contributed by atoms with Crippen molar-refractivity contribution in [1.82, 2.24) is 4.57 Å². The second-order valence-corrected chi connectivity index (χ2v) is 4.60. The number of aromatic nitrogens is 1. The van der Waals surface area contributed by atoms with Gasteiger partial charge in [0.25, 0.3) is 5.69 Å². The van der Waals surface area contributed by atoms with Gasteiger partial charge >= 0.3 is 5.97 Å². The second-order valence-electron chi connectivity index (χ2n) is 4.60. The Morgan fingerprint density at radius 3 is 2.60 bits per heavy atom. The average Bonchev–Trinajstić information content (AvgIpc) is 2.63. The number of aryl methyl sites for hydroxylation is 2. The number of hydrogen-bond acceptors (Lipinski definition) is 4. The van der Waals surface area contributed by atoms with Crippen molar-refractivity contribution in [2.24, 2.45) is 7.05 Å². The van der Waals surface area contributed by atoms with Crippen LogP contribution < -0.4 is 0 Å². The lowest BCUT2D eigenvalue weighted by molar-refractivity contribution is -0.385. The molecule has 0 amide bonds. The van der Waals surface area contributed by atoms with Crippen molar-refractivity contribution in [1.29, 1.82) is 0 Å². The Morgan fingerprint density at radius 1 is 1.40 bits per heavy atom. The molecule has 0 atom stereocenters. The van der Waals surface area contributed by atoms with Crippen LogP contribution >= 0.6 is 0 Å². The predicted octanol–water partition coefficient (Wildman–Crippen LogP) is 2.88. The highest BCUT2D eigenvalue weighted by atomic mass is 16.6. The van der Waals surface area contributed by atoms with Crippen molar-refractivity contribution in [3.05, 3.63) is 39.1 Å². The molecule has 1 heterocycles. The molecule has 6 nitrogen and oxygen atoms in total. The molecular formula is C14H16N2O4. The Hall–Kier alpha value is -2.37. The first-order chi connectivity index (χ1) is 9.40. The number of hydrogen-bond donors (Lipinski definition) is 0.